The molecule has 0 saturated heterocycles. The Bertz CT molecular complexity index is 1170. The van der Waals surface area contributed by atoms with Crippen molar-refractivity contribution in [3.63, 3.8) is 0 Å². The molecule has 166 valence electrons. The van der Waals surface area contributed by atoms with Crippen LogP contribution in [0.4, 0.5) is 5.00 Å². The molecule has 0 fully saturated rings. The molecule has 3 heterocycles. The Labute approximate surface area is 194 Å². The summed E-state index contributed by atoms with van der Waals surface area (Å²) < 4.78 is 11.3. The van der Waals surface area contributed by atoms with Gasteiger partial charge in [-0.1, -0.05) is 19.1 Å². The van der Waals surface area contributed by atoms with Crippen LogP contribution in [0.5, 0.6) is 11.5 Å². The smallest absolute Gasteiger partial charge is 0.353 e. The van der Waals surface area contributed by atoms with Gasteiger partial charge in [0.2, 0.25) is 0 Å². The molecule has 1 aliphatic carbocycles. The number of fused-ring (bicyclic) bond motifs is 3. The third-order valence-corrected chi connectivity index (χ3v) is 7.85. The fourth-order valence-corrected chi connectivity index (χ4v) is 6.27. The maximum Gasteiger partial charge on any atom is 0.353 e. The fraction of sp³-hybridized carbons (Fsp3) is 0.333. The number of ether oxygens (including phenoxy) is 2. The minimum atomic E-state index is -0.416. The molecule has 3 aromatic rings. The number of amides is 1. The molecule has 6 nitrogen and oxygen atoms in total. The first-order chi connectivity index (χ1) is 15.5. The van der Waals surface area contributed by atoms with Gasteiger partial charge in [-0.05, 0) is 66.8 Å². The summed E-state index contributed by atoms with van der Waals surface area (Å²) in [6, 6.07) is 8.91. The topological polar surface area (TPSA) is 76.7 Å². The molecular weight excluding hydrogens is 444 g/mol. The van der Waals surface area contributed by atoms with Crippen molar-refractivity contribution in [1.29, 1.82) is 0 Å². The molecule has 1 aromatic carbocycles. The number of thiophene rings is 2. The van der Waals surface area contributed by atoms with Gasteiger partial charge < -0.3 is 20.1 Å². The first-order valence-corrected chi connectivity index (χ1v) is 12.5. The highest BCUT2D eigenvalue weighted by molar-refractivity contribution is 7.16. The summed E-state index contributed by atoms with van der Waals surface area (Å²) in [6.45, 7) is 4.57. The first-order valence-electron chi connectivity index (χ1n) is 10.8. The summed E-state index contributed by atoms with van der Waals surface area (Å²) in [4.78, 5) is 27.2. The molecule has 1 amide bonds. The molecule has 1 aliphatic heterocycles. The second-order valence-corrected chi connectivity index (χ2v) is 10.2. The van der Waals surface area contributed by atoms with Gasteiger partial charge in [0, 0.05) is 4.88 Å². The van der Waals surface area contributed by atoms with Crippen molar-refractivity contribution in [2.75, 3.05) is 11.9 Å². The van der Waals surface area contributed by atoms with Crippen molar-refractivity contribution in [3.05, 3.63) is 62.2 Å². The molecular formula is C24H24N2O4S2. The zero-order chi connectivity index (χ0) is 22.2. The molecule has 2 atom stereocenters. The SMILES string of the molecule is CCOc1cc([C@H]2NC(=O)c3c(sc4c3CC[C@@H](C)C4)N2)ccc1OC(=O)c1cccs1. The average Bonchev–Trinajstić information content (AvgIpc) is 3.42. The van der Waals surface area contributed by atoms with Gasteiger partial charge in [-0.3, -0.25) is 4.79 Å². The predicted octanol–water partition coefficient (Wildman–Crippen LogP) is 5.41. The summed E-state index contributed by atoms with van der Waals surface area (Å²) in [5.41, 5.74) is 2.85. The van der Waals surface area contributed by atoms with Crippen LogP contribution in [0, 0.1) is 5.92 Å². The maximum atomic E-state index is 13.0. The van der Waals surface area contributed by atoms with Crippen LogP contribution < -0.4 is 20.1 Å². The standard InChI is InChI=1S/C24H24N2O4S2/c1-3-29-17-12-14(7-9-16(17)30-24(28)18-5-4-10-31-18)21-25-22(27)20-15-8-6-13(2)11-19(15)32-23(20)26-21/h4-5,7,9-10,12-13,21,26H,3,6,8,11H2,1-2H3,(H,25,27)/t13-,21+/m1/s1. The lowest BCUT2D eigenvalue weighted by Crippen LogP contribution is -2.38. The quantitative estimate of drug-likeness (QED) is 0.387. The summed E-state index contributed by atoms with van der Waals surface area (Å²) in [6.07, 6.45) is 2.73. The van der Waals surface area contributed by atoms with Gasteiger partial charge in [0.05, 0.1) is 12.2 Å². The molecule has 2 aromatic heterocycles. The van der Waals surface area contributed by atoms with E-state index in [1.165, 1.54) is 21.8 Å². The van der Waals surface area contributed by atoms with Crippen LogP contribution in [0.1, 0.15) is 62.5 Å². The number of hydrogen-bond acceptors (Lipinski definition) is 7. The molecule has 2 N–H and O–H groups in total. The van der Waals surface area contributed by atoms with E-state index in [-0.39, 0.29) is 12.1 Å². The Kier molecular flexibility index (Phi) is 5.65. The highest BCUT2D eigenvalue weighted by Gasteiger charge is 2.33. The lowest BCUT2D eigenvalue weighted by Gasteiger charge is -2.27. The number of benzene rings is 1. The molecule has 0 bridgehead atoms. The van der Waals surface area contributed by atoms with Gasteiger partial charge >= 0.3 is 5.97 Å². The molecule has 5 rings (SSSR count). The zero-order valence-corrected chi connectivity index (χ0v) is 19.5. The van der Waals surface area contributed by atoms with Crippen LogP contribution in [0.25, 0.3) is 0 Å². The highest BCUT2D eigenvalue weighted by Crippen LogP contribution is 2.43. The van der Waals surface area contributed by atoms with Gasteiger partial charge in [0.1, 0.15) is 16.0 Å². The number of esters is 1. The van der Waals surface area contributed by atoms with E-state index in [1.807, 2.05) is 30.5 Å². The minimum Gasteiger partial charge on any atom is -0.490 e. The van der Waals surface area contributed by atoms with E-state index in [2.05, 4.69) is 17.6 Å². The number of carbonyl (C=O) groups excluding carboxylic acids is 2. The van der Waals surface area contributed by atoms with Crippen molar-refractivity contribution in [2.45, 2.75) is 39.3 Å². The van der Waals surface area contributed by atoms with E-state index in [0.717, 1.165) is 35.4 Å². The molecule has 32 heavy (non-hydrogen) atoms. The van der Waals surface area contributed by atoms with E-state index < -0.39 is 5.97 Å². The van der Waals surface area contributed by atoms with E-state index >= 15 is 0 Å². The van der Waals surface area contributed by atoms with Crippen molar-refractivity contribution in [2.24, 2.45) is 5.92 Å². The molecule has 0 spiro atoms. The zero-order valence-electron chi connectivity index (χ0n) is 17.9. The lowest BCUT2D eigenvalue weighted by atomic mass is 9.88. The second-order valence-electron chi connectivity index (χ2n) is 8.11. The van der Waals surface area contributed by atoms with Crippen molar-refractivity contribution in [1.82, 2.24) is 5.32 Å². The average molecular weight is 469 g/mol. The fourth-order valence-electron chi connectivity index (χ4n) is 4.23. The van der Waals surface area contributed by atoms with Crippen molar-refractivity contribution in [3.8, 4) is 11.5 Å². The van der Waals surface area contributed by atoms with Crippen LogP contribution in [-0.4, -0.2) is 18.5 Å². The number of rotatable bonds is 5. The van der Waals surface area contributed by atoms with Crippen molar-refractivity contribution >= 4 is 39.6 Å². The van der Waals surface area contributed by atoms with Crippen LogP contribution in [0.3, 0.4) is 0 Å². The molecule has 2 aliphatic rings. The number of carbonyl (C=O) groups is 2. The minimum absolute atomic E-state index is 0.0398. The van der Waals surface area contributed by atoms with Gasteiger partial charge in [-0.2, -0.15) is 0 Å². The normalized spacial score (nSPS) is 19.4. The predicted molar refractivity (Wildman–Crippen MR) is 126 cm³/mol. The van der Waals surface area contributed by atoms with Gasteiger partial charge in [-0.25, -0.2) is 4.79 Å². The van der Waals surface area contributed by atoms with Gasteiger partial charge in [0.25, 0.3) is 5.91 Å². The maximum absolute atomic E-state index is 13.0. The number of nitrogens with one attached hydrogen (secondary N) is 2. The molecule has 0 saturated carbocycles. The van der Waals surface area contributed by atoms with Gasteiger partial charge in [0.15, 0.2) is 11.5 Å². The largest absolute Gasteiger partial charge is 0.490 e. The van der Waals surface area contributed by atoms with Crippen LogP contribution in [0.15, 0.2) is 35.7 Å². The Balaban J connectivity index is 1.41. The summed E-state index contributed by atoms with van der Waals surface area (Å²) in [5, 5.41) is 9.34. The Morgan fingerprint density at radius 1 is 1.22 bits per heavy atom. The van der Waals surface area contributed by atoms with Crippen LogP contribution >= 0.6 is 22.7 Å². The monoisotopic (exact) mass is 468 g/mol. The molecule has 8 heteroatoms. The van der Waals surface area contributed by atoms with E-state index in [1.54, 1.807) is 23.5 Å². The second kappa shape index (κ2) is 8.60. The highest BCUT2D eigenvalue weighted by atomic mass is 32.1. The summed E-state index contributed by atoms with van der Waals surface area (Å²) in [5.74, 6) is 1.02. The first kappa shape index (κ1) is 21.0. The number of anilines is 1. The van der Waals surface area contributed by atoms with Crippen LogP contribution in [0.2, 0.25) is 0 Å². The van der Waals surface area contributed by atoms with E-state index in [0.29, 0.717) is 28.9 Å². The van der Waals surface area contributed by atoms with Crippen LogP contribution in [-0.2, 0) is 12.8 Å². The lowest BCUT2D eigenvalue weighted by molar-refractivity contribution is 0.0733. The Morgan fingerprint density at radius 2 is 2.09 bits per heavy atom. The number of hydrogen-bond donors (Lipinski definition) is 2. The van der Waals surface area contributed by atoms with Gasteiger partial charge in [-0.15, -0.1) is 22.7 Å². The Hall–Kier alpha value is -2.84. The molecule has 0 radical (unpaired) electrons. The summed E-state index contributed by atoms with van der Waals surface area (Å²) >= 11 is 3.03. The van der Waals surface area contributed by atoms with E-state index in [9.17, 15) is 9.59 Å². The Morgan fingerprint density at radius 3 is 2.88 bits per heavy atom. The molecule has 0 unspecified atom stereocenters. The van der Waals surface area contributed by atoms with E-state index in [4.69, 9.17) is 9.47 Å². The third-order valence-electron chi connectivity index (χ3n) is 5.82. The summed E-state index contributed by atoms with van der Waals surface area (Å²) in [7, 11) is 0. The third kappa shape index (κ3) is 3.89. The van der Waals surface area contributed by atoms with Crippen molar-refractivity contribution < 1.29 is 19.1 Å².